The summed E-state index contributed by atoms with van der Waals surface area (Å²) in [6, 6.07) is 15.9. The van der Waals surface area contributed by atoms with Crippen molar-refractivity contribution in [2.24, 2.45) is 7.05 Å². The zero-order chi connectivity index (χ0) is 21.4. The summed E-state index contributed by atoms with van der Waals surface area (Å²) < 4.78 is 23.0. The van der Waals surface area contributed by atoms with Gasteiger partial charge >= 0.3 is 0 Å². The molecule has 0 aliphatic carbocycles. The molecule has 154 valence electrons. The number of aryl methyl sites for hydroxylation is 2. The number of hydrogen-bond donors (Lipinski definition) is 0. The molecule has 2 aromatic carbocycles. The normalized spacial score (nSPS) is 11.2. The van der Waals surface area contributed by atoms with Crippen LogP contribution in [0.25, 0.3) is 28.0 Å². The monoisotopic (exact) mass is 415 g/mol. The fourth-order valence-electron chi connectivity index (χ4n) is 3.43. The van der Waals surface area contributed by atoms with Crippen LogP contribution in [-0.2, 0) is 13.7 Å². The molecule has 0 unspecified atom stereocenters. The first-order valence-corrected chi connectivity index (χ1v) is 9.65. The van der Waals surface area contributed by atoms with Gasteiger partial charge in [-0.2, -0.15) is 10.2 Å². The van der Waals surface area contributed by atoms with Gasteiger partial charge in [0.15, 0.2) is 11.6 Å². The van der Waals surface area contributed by atoms with E-state index in [2.05, 4.69) is 20.3 Å². The van der Waals surface area contributed by atoms with Crippen LogP contribution < -0.4 is 4.74 Å². The zero-order valence-corrected chi connectivity index (χ0v) is 16.9. The lowest BCUT2D eigenvalue weighted by molar-refractivity contribution is 0.278. The summed E-state index contributed by atoms with van der Waals surface area (Å²) in [5.74, 6) is 1.30. The lowest BCUT2D eigenvalue weighted by Gasteiger charge is -2.07. The van der Waals surface area contributed by atoms with Crippen molar-refractivity contribution < 1.29 is 9.13 Å². The minimum Gasteiger partial charge on any atom is -0.468 e. The molecule has 9 heteroatoms. The number of nitrogens with zero attached hydrogens (tertiary/aromatic N) is 7. The molecule has 0 saturated carbocycles. The Balaban J connectivity index is 1.72. The van der Waals surface area contributed by atoms with Crippen molar-refractivity contribution in [1.29, 1.82) is 0 Å². The lowest BCUT2D eigenvalue weighted by Crippen LogP contribution is -2.05. The van der Waals surface area contributed by atoms with Gasteiger partial charge in [0.2, 0.25) is 5.88 Å². The molecule has 0 bridgehead atoms. The van der Waals surface area contributed by atoms with Gasteiger partial charge in [-0.1, -0.05) is 42.5 Å². The molecule has 0 spiro atoms. The minimum atomic E-state index is -0.316. The predicted octanol–water partition coefficient (Wildman–Crippen LogP) is 3.61. The van der Waals surface area contributed by atoms with E-state index in [4.69, 9.17) is 9.84 Å². The smallest absolute Gasteiger partial charge is 0.242 e. The average Bonchev–Trinajstić information content (AvgIpc) is 3.37. The van der Waals surface area contributed by atoms with E-state index >= 15 is 0 Å². The Hall–Kier alpha value is -4.14. The number of aromatic nitrogens is 7. The number of benzene rings is 2. The summed E-state index contributed by atoms with van der Waals surface area (Å²) in [5.41, 5.74) is 3.77. The summed E-state index contributed by atoms with van der Waals surface area (Å²) in [6.07, 6.45) is 1.47. The van der Waals surface area contributed by atoms with Crippen molar-refractivity contribution in [3.05, 3.63) is 78.3 Å². The SMILES string of the molecule is Cc1nnc(-c2ccccc2)n2nc(OCc3ncnn3C)c(-c3ccc(F)cc3)c12. The number of halogens is 1. The first kappa shape index (κ1) is 18.9. The summed E-state index contributed by atoms with van der Waals surface area (Å²) in [7, 11) is 1.79. The highest BCUT2D eigenvalue weighted by molar-refractivity contribution is 5.87. The third-order valence-electron chi connectivity index (χ3n) is 5.00. The van der Waals surface area contributed by atoms with Crippen molar-refractivity contribution in [3.63, 3.8) is 0 Å². The maximum Gasteiger partial charge on any atom is 0.242 e. The zero-order valence-electron chi connectivity index (χ0n) is 16.9. The van der Waals surface area contributed by atoms with Gasteiger partial charge in [-0.05, 0) is 24.6 Å². The van der Waals surface area contributed by atoms with Crippen molar-refractivity contribution in [1.82, 2.24) is 34.6 Å². The molecule has 8 nitrogen and oxygen atoms in total. The van der Waals surface area contributed by atoms with Crippen LogP contribution in [0.5, 0.6) is 5.88 Å². The van der Waals surface area contributed by atoms with E-state index in [0.29, 0.717) is 28.8 Å². The standard InChI is InChI=1S/C22H18FN7O/c1-14-20-19(15-8-10-17(23)11-9-15)22(31-12-18-24-13-25-29(18)2)28-30(20)21(27-26-14)16-6-4-3-5-7-16/h3-11,13H,12H2,1-2H3. The van der Waals surface area contributed by atoms with Crippen molar-refractivity contribution in [2.45, 2.75) is 13.5 Å². The molecule has 3 aromatic heterocycles. The van der Waals surface area contributed by atoms with E-state index in [9.17, 15) is 4.39 Å². The van der Waals surface area contributed by atoms with E-state index < -0.39 is 0 Å². The first-order chi connectivity index (χ1) is 15.1. The van der Waals surface area contributed by atoms with Crippen LogP contribution in [-0.4, -0.2) is 34.6 Å². The molecule has 31 heavy (non-hydrogen) atoms. The van der Waals surface area contributed by atoms with Crippen molar-refractivity contribution in [3.8, 4) is 28.4 Å². The Bertz CT molecular complexity index is 1360. The highest BCUT2D eigenvalue weighted by atomic mass is 19.1. The number of hydrogen-bond acceptors (Lipinski definition) is 6. The Kier molecular flexibility index (Phi) is 4.62. The highest BCUT2D eigenvalue weighted by Crippen LogP contribution is 2.36. The number of rotatable bonds is 5. The Labute approximate surface area is 177 Å². The van der Waals surface area contributed by atoms with Gasteiger partial charge in [0.1, 0.15) is 24.3 Å². The molecule has 0 saturated heterocycles. The summed E-state index contributed by atoms with van der Waals surface area (Å²) >= 11 is 0. The second-order valence-electron chi connectivity index (χ2n) is 7.01. The van der Waals surface area contributed by atoms with E-state index in [0.717, 1.165) is 16.6 Å². The van der Waals surface area contributed by atoms with Crippen LogP contribution in [0.15, 0.2) is 60.9 Å². The average molecular weight is 415 g/mol. The molecule has 3 heterocycles. The Morgan fingerprint density at radius 3 is 2.45 bits per heavy atom. The maximum atomic E-state index is 13.6. The van der Waals surface area contributed by atoms with Gasteiger partial charge in [0, 0.05) is 12.6 Å². The Morgan fingerprint density at radius 1 is 0.968 bits per heavy atom. The number of fused-ring (bicyclic) bond motifs is 1. The van der Waals surface area contributed by atoms with Crippen molar-refractivity contribution in [2.75, 3.05) is 0 Å². The fraction of sp³-hybridized carbons (Fsp3) is 0.136. The lowest BCUT2D eigenvalue weighted by atomic mass is 10.1. The largest absolute Gasteiger partial charge is 0.468 e. The molecule has 5 aromatic rings. The van der Waals surface area contributed by atoms with E-state index in [1.165, 1.54) is 18.5 Å². The van der Waals surface area contributed by atoms with Crippen LogP contribution in [0.3, 0.4) is 0 Å². The van der Waals surface area contributed by atoms with Gasteiger partial charge in [-0.25, -0.2) is 13.9 Å². The fourth-order valence-corrected chi connectivity index (χ4v) is 3.43. The van der Waals surface area contributed by atoms with Gasteiger partial charge in [0.05, 0.1) is 11.3 Å². The van der Waals surface area contributed by atoms with Crippen LogP contribution >= 0.6 is 0 Å². The molecule has 0 radical (unpaired) electrons. The van der Waals surface area contributed by atoms with E-state index in [1.807, 2.05) is 37.3 Å². The first-order valence-electron chi connectivity index (χ1n) is 9.65. The van der Waals surface area contributed by atoms with Crippen LogP contribution in [0.2, 0.25) is 0 Å². The quantitative estimate of drug-likeness (QED) is 0.436. The van der Waals surface area contributed by atoms with Crippen molar-refractivity contribution >= 4 is 5.52 Å². The van der Waals surface area contributed by atoms with E-state index in [1.54, 1.807) is 28.4 Å². The van der Waals surface area contributed by atoms with E-state index in [-0.39, 0.29) is 12.4 Å². The Morgan fingerprint density at radius 2 is 1.74 bits per heavy atom. The topological polar surface area (TPSA) is 83.0 Å². The summed E-state index contributed by atoms with van der Waals surface area (Å²) in [4.78, 5) is 4.20. The third kappa shape index (κ3) is 3.39. The van der Waals surface area contributed by atoms with Gasteiger partial charge in [-0.3, -0.25) is 4.68 Å². The minimum absolute atomic E-state index is 0.176. The predicted molar refractivity (Wildman–Crippen MR) is 112 cm³/mol. The second-order valence-corrected chi connectivity index (χ2v) is 7.01. The van der Waals surface area contributed by atoms with Crippen LogP contribution in [0.1, 0.15) is 11.5 Å². The molecular formula is C22H18FN7O. The molecule has 0 fully saturated rings. The molecule has 0 amide bonds. The third-order valence-corrected chi connectivity index (χ3v) is 5.00. The number of ether oxygens (including phenoxy) is 1. The second kappa shape index (κ2) is 7.60. The van der Waals surface area contributed by atoms with Crippen LogP contribution in [0.4, 0.5) is 4.39 Å². The molecule has 5 rings (SSSR count). The maximum absolute atomic E-state index is 13.6. The molecule has 0 N–H and O–H groups in total. The van der Waals surface area contributed by atoms with Gasteiger partial charge < -0.3 is 4.74 Å². The van der Waals surface area contributed by atoms with Gasteiger partial charge in [0.25, 0.3) is 0 Å². The van der Waals surface area contributed by atoms with Gasteiger partial charge in [-0.15, -0.1) is 10.2 Å². The summed E-state index contributed by atoms with van der Waals surface area (Å²) in [5, 5.41) is 17.5. The van der Waals surface area contributed by atoms with Crippen LogP contribution in [0, 0.1) is 12.7 Å². The molecule has 0 atom stereocenters. The highest BCUT2D eigenvalue weighted by Gasteiger charge is 2.22. The molecule has 0 aliphatic heterocycles. The summed E-state index contributed by atoms with van der Waals surface area (Å²) in [6.45, 7) is 2.04. The molecular weight excluding hydrogens is 397 g/mol. The molecule has 0 aliphatic rings.